The van der Waals surface area contributed by atoms with Crippen LogP contribution in [0.25, 0.3) is 0 Å². The molecule has 5 heteroatoms. The van der Waals surface area contributed by atoms with Gasteiger partial charge in [-0.05, 0) is 24.8 Å². The fourth-order valence-corrected chi connectivity index (χ4v) is 2.83. The third-order valence-electron chi connectivity index (χ3n) is 4.29. The first-order valence-electron chi connectivity index (χ1n) is 8.21. The van der Waals surface area contributed by atoms with Crippen LogP contribution in [0.5, 0.6) is 0 Å². The van der Waals surface area contributed by atoms with Crippen molar-refractivity contribution in [2.45, 2.75) is 31.3 Å². The number of ether oxygens (including phenoxy) is 1. The van der Waals surface area contributed by atoms with Crippen LogP contribution in [0, 0.1) is 0 Å². The highest BCUT2D eigenvalue weighted by atomic mass is 16.5. The maximum absolute atomic E-state index is 11.9. The van der Waals surface area contributed by atoms with E-state index in [-0.39, 0.29) is 6.03 Å². The number of morpholine rings is 1. The van der Waals surface area contributed by atoms with Gasteiger partial charge in [-0.1, -0.05) is 30.3 Å². The highest BCUT2D eigenvalue weighted by Gasteiger charge is 2.25. The first kappa shape index (κ1) is 15.3. The van der Waals surface area contributed by atoms with Gasteiger partial charge in [-0.25, -0.2) is 4.79 Å². The van der Waals surface area contributed by atoms with Gasteiger partial charge >= 0.3 is 6.03 Å². The second kappa shape index (κ2) is 7.61. The average molecular weight is 303 g/mol. The SMILES string of the molecule is O=C(NCC(Cc1ccccc1)N1CCOCC1)NC1CC1. The fraction of sp³-hybridized carbons (Fsp3) is 0.588. The number of hydrogen-bond donors (Lipinski definition) is 2. The molecule has 1 aliphatic heterocycles. The van der Waals surface area contributed by atoms with Gasteiger partial charge in [-0.3, -0.25) is 4.90 Å². The summed E-state index contributed by atoms with van der Waals surface area (Å²) in [7, 11) is 0. The monoisotopic (exact) mass is 303 g/mol. The zero-order chi connectivity index (χ0) is 15.2. The van der Waals surface area contributed by atoms with Gasteiger partial charge in [0, 0.05) is 31.7 Å². The largest absolute Gasteiger partial charge is 0.379 e. The molecule has 2 N–H and O–H groups in total. The normalized spacial score (nSPS) is 20.4. The third kappa shape index (κ3) is 4.71. The molecule has 2 fully saturated rings. The summed E-state index contributed by atoms with van der Waals surface area (Å²) in [5, 5.41) is 6.02. The summed E-state index contributed by atoms with van der Waals surface area (Å²) in [5.41, 5.74) is 1.31. The molecule has 0 radical (unpaired) electrons. The van der Waals surface area contributed by atoms with E-state index < -0.39 is 0 Å². The molecule has 1 aliphatic carbocycles. The lowest BCUT2D eigenvalue weighted by Gasteiger charge is -2.34. The third-order valence-corrected chi connectivity index (χ3v) is 4.29. The summed E-state index contributed by atoms with van der Waals surface area (Å²) in [6.07, 6.45) is 3.18. The number of amides is 2. The predicted molar refractivity (Wildman–Crippen MR) is 85.9 cm³/mol. The Labute approximate surface area is 132 Å². The predicted octanol–water partition coefficient (Wildman–Crippen LogP) is 1.39. The van der Waals surface area contributed by atoms with Crippen LogP contribution in [0.3, 0.4) is 0 Å². The molecule has 1 saturated heterocycles. The minimum atomic E-state index is -0.0335. The Kier molecular flexibility index (Phi) is 5.29. The van der Waals surface area contributed by atoms with Crippen LogP contribution in [0.2, 0.25) is 0 Å². The molecule has 3 rings (SSSR count). The molecule has 1 saturated carbocycles. The molecule has 1 aromatic carbocycles. The van der Waals surface area contributed by atoms with Crippen LogP contribution in [0.1, 0.15) is 18.4 Å². The van der Waals surface area contributed by atoms with Crippen molar-refractivity contribution in [2.24, 2.45) is 0 Å². The van der Waals surface area contributed by atoms with Gasteiger partial charge in [-0.15, -0.1) is 0 Å². The fourth-order valence-electron chi connectivity index (χ4n) is 2.83. The zero-order valence-electron chi connectivity index (χ0n) is 13.0. The van der Waals surface area contributed by atoms with E-state index in [1.54, 1.807) is 0 Å². The van der Waals surface area contributed by atoms with Crippen molar-refractivity contribution >= 4 is 6.03 Å². The molecule has 2 amide bonds. The lowest BCUT2D eigenvalue weighted by molar-refractivity contribution is 0.0172. The molecular formula is C17H25N3O2. The second-order valence-electron chi connectivity index (χ2n) is 6.12. The number of nitrogens with one attached hydrogen (secondary N) is 2. The number of hydrogen-bond acceptors (Lipinski definition) is 3. The molecular weight excluding hydrogens is 278 g/mol. The molecule has 2 aliphatic rings. The zero-order valence-corrected chi connectivity index (χ0v) is 13.0. The molecule has 120 valence electrons. The Morgan fingerprint density at radius 1 is 1.23 bits per heavy atom. The van der Waals surface area contributed by atoms with Crippen molar-refractivity contribution in [3.8, 4) is 0 Å². The molecule has 22 heavy (non-hydrogen) atoms. The van der Waals surface area contributed by atoms with E-state index in [4.69, 9.17) is 4.74 Å². The van der Waals surface area contributed by atoms with Crippen LogP contribution in [0.15, 0.2) is 30.3 Å². The molecule has 0 bridgehead atoms. The molecule has 1 atom stereocenters. The number of urea groups is 1. The van der Waals surface area contributed by atoms with Gasteiger partial charge in [0.25, 0.3) is 0 Å². The van der Waals surface area contributed by atoms with Crippen LogP contribution in [-0.4, -0.2) is 55.9 Å². The van der Waals surface area contributed by atoms with Crippen molar-refractivity contribution in [3.05, 3.63) is 35.9 Å². The molecule has 5 nitrogen and oxygen atoms in total. The number of nitrogens with zero attached hydrogens (tertiary/aromatic N) is 1. The van der Waals surface area contributed by atoms with Crippen molar-refractivity contribution in [1.29, 1.82) is 0 Å². The molecule has 0 aromatic heterocycles. The number of carbonyl (C=O) groups is 1. The lowest BCUT2D eigenvalue weighted by Crippen LogP contribution is -2.51. The first-order chi connectivity index (χ1) is 10.8. The molecule has 1 heterocycles. The van der Waals surface area contributed by atoms with Crippen LogP contribution in [-0.2, 0) is 11.2 Å². The molecule has 1 aromatic rings. The summed E-state index contributed by atoms with van der Waals surface area (Å²) >= 11 is 0. The molecule has 0 spiro atoms. The average Bonchev–Trinajstić information content (AvgIpc) is 3.37. The topological polar surface area (TPSA) is 53.6 Å². The molecule has 1 unspecified atom stereocenters. The minimum absolute atomic E-state index is 0.0335. The maximum Gasteiger partial charge on any atom is 0.315 e. The van der Waals surface area contributed by atoms with Gasteiger partial charge in [0.1, 0.15) is 0 Å². The van der Waals surface area contributed by atoms with E-state index in [0.717, 1.165) is 45.6 Å². The lowest BCUT2D eigenvalue weighted by atomic mass is 10.0. The van der Waals surface area contributed by atoms with Crippen LogP contribution < -0.4 is 10.6 Å². The number of benzene rings is 1. The number of rotatable bonds is 6. The van der Waals surface area contributed by atoms with E-state index in [2.05, 4.69) is 39.8 Å². The smallest absolute Gasteiger partial charge is 0.315 e. The van der Waals surface area contributed by atoms with Gasteiger partial charge in [0.15, 0.2) is 0 Å². The number of carbonyl (C=O) groups excluding carboxylic acids is 1. The van der Waals surface area contributed by atoms with E-state index in [0.29, 0.717) is 18.6 Å². The van der Waals surface area contributed by atoms with Gasteiger partial charge < -0.3 is 15.4 Å². The Bertz CT molecular complexity index is 470. The van der Waals surface area contributed by atoms with Crippen molar-refractivity contribution in [1.82, 2.24) is 15.5 Å². The second-order valence-corrected chi connectivity index (χ2v) is 6.12. The van der Waals surface area contributed by atoms with Crippen LogP contribution in [0.4, 0.5) is 4.79 Å². The van der Waals surface area contributed by atoms with Gasteiger partial charge in [0.2, 0.25) is 0 Å². The van der Waals surface area contributed by atoms with Gasteiger partial charge in [0.05, 0.1) is 13.2 Å². The summed E-state index contributed by atoms with van der Waals surface area (Å²) < 4.78 is 5.45. The van der Waals surface area contributed by atoms with Gasteiger partial charge in [-0.2, -0.15) is 0 Å². The van der Waals surface area contributed by atoms with Crippen molar-refractivity contribution < 1.29 is 9.53 Å². The Balaban J connectivity index is 1.56. The Morgan fingerprint density at radius 2 is 1.95 bits per heavy atom. The van der Waals surface area contributed by atoms with Crippen molar-refractivity contribution in [3.63, 3.8) is 0 Å². The summed E-state index contributed by atoms with van der Waals surface area (Å²) in [4.78, 5) is 14.3. The summed E-state index contributed by atoms with van der Waals surface area (Å²) in [6.45, 7) is 4.10. The Hall–Kier alpha value is -1.59. The summed E-state index contributed by atoms with van der Waals surface area (Å²) in [6, 6.07) is 11.2. The van der Waals surface area contributed by atoms with Crippen LogP contribution >= 0.6 is 0 Å². The highest BCUT2D eigenvalue weighted by Crippen LogP contribution is 2.18. The first-order valence-corrected chi connectivity index (χ1v) is 8.21. The van der Waals surface area contributed by atoms with E-state index in [9.17, 15) is 4.79 Å². The quantitative estimate of drug-likeness (QED) is 0.835. The standard InChI is InChI=1S/C17H25N3O2/c21-17(19-15-6-7-15)18-13-16(20-8-10-22-11-9-20)12-14-4-2-1-3-5-14/h1-5,15-16H,6-13H2,(H2,18,19,21). The maximum atomic E-state index is 11.9. The Morgan fingerprint density at radius 3 is 2.64 bits per heavy atom. The van der Waals surface area contributed by atoms with E-state index in [1.165, 1.54) is 5.56 Å². The highest BCUT2D eigenvalue weighted by molar-refractivity contribution is 5.74. The van der Waals surface area contributed by atoms with E-state index in [1.807, 2.05) is 6.07 Å². The van der Waals surface area contributed by atoms with Crippen molar-refractivity contribution in [2.75, 3.05) is 32.8 Å². The summed E-state index contributed by atoms with van der Waals surface area (Å²) in [5.74, 6) is 0. The minimum Gasteiger partial charge on any atom is -0.379 e. The van der Waals surface area contributed by atoms with E-state index >= 15 is 0 Å².